The third-order valence-corrected chi connectivity index (χ3v) is 5.06. The first kappa shape index (κ1) is 16.5. The average Bonchev–Trinajstić information content (AvgIpc) is 3.12. The first-order valence-corrected chi connectivity index (χ1v) is 8.62. The van der Waals surface area contributed by atoms with Gasteiger partial charge in [-0.05, 0) is 36.3 Å². The van der Waals surface area contributed by atoms with Crippen LogP contribution in [0.1, 0.15) is 38.2 Å². The molecule has 1 aliphatic rings. The molecule has 6 nitrogen and oxygen atoms in total. The highest BCUT2D eigenvalue weighted by Gasteiger charge is 2.34. The number of rotatable bonds is 6. The molecule has 2 heterocycles. The lowest BCUT2D eigenvalue weighted by atomic mass is 9.67. The van der Waals surface area contributed by atoms with Gasteiger partial charge in [0.05, 0.1) is 0 Å². The van der Waals surface area contributed by atoms with Gasteiger partial charge in [-0.3, -0.25) is 9.56 Å². The van der Waals surface area contributed by atoms with E-state index in [9.17, 15) is 0 Å². The molecule has 2 aromatic rings. The summed E-state index contributed by atoms with van der Waals surface area (Å²) < 4.78 is 1.89. The Morgan fingerprint density at radius 2 is 2.21 bits per heavy atom. The number of guanidine groups is 1. The van der Waals surface area contributed by atoms with Crippen molar-refractivity contribution in [2.24, 2.45) is 10.4 Å². The van der Waals surface area contributed by atoms with Crippen molar-refractivity contribution in [3.05, 3.63) is 42.6 Å². The van der Waals surface area contributed by atoms with Gasteiger partial charge in [-0.2, -0.15) is 0 Å². The molecule has 24 heavy (non-hydrogen) atoms. The monoisotopic (exact) mass is 326 g/mol. The number of aliphatic imine (C=N–C) groups is 1. The maximum atomic E-state index is 4.47. The Balaban J connectivity index is 1.50. The lowest BCUT2D eigenvalue weighted by Gasteiger charge is -2.41. The zero-order chi connectivity index (χ0) is 16.8. The fraction of sp³-hybridized carbons (Fsp3) is 0.500. The normalized spacial score (nSPS) is 16.5. The van der Waals surface area contributed by atoms with Crippen LogP contribution in [0.15, 0.2) is 42.0 Å². The Labute approximate surface area is 143 Å². The van der Waals surface area contributed by atoms with Gasteiger partial charge >= 0.3 is 0 Å². The predicted octanol–water partition coefficient (Wildman–Crippen LogP) is 2.51. The van der Waals surface area contributed by atoms with Crippen molar-refractivity contribution < 1.29 is 0 Å². The van der Waals surface area contributed by atoms with Crippen LogP contribution in [0.4, 0.5) is 0 Å². The molecule has 2 N–H and O–H groups in total. The number of nitrogens with zero attached hydrogens (tertiary/aromatic N) is 4. The van der Waals surface area contributed by atoms with Gasteiger partial charge < -0.3 is 10.6 Å². The summed E-state index contributed by atoms with van der Waals surface area (Å²) in [6.45, 7) is 3.99. The molecule has 1 saturated carbocycles. The summed E-state index contributed by atoms with van der Waals surface area (Å²) in [5.74, 6) is 1.72. The second kappa shape index (κ2) is 7.47. The van der Waals surface area contributed by atoms with Gasteiger partial charge in [0.2, 0.25) is 0 Å². The summed E-state index contributed by atoms with van der Waals surface area (Å²) in [6, 6.07) is 4.07. The molecule has 1 aliphatic carbocycles. The number of hydrogen-bond donors (Lipinski definition) is 2. The first-order valence-electron chi connectivity index (χ1n) is 8.62. The van der Waals surface area contributed by atoms with Gasteiger partial charge in [0.1, 0.15) is 12.1 Å². The third kappa shape index (κ3) is 3.75. The molecular weight excluding hydrogens is 300 g/mol. The number of imidazole rings is 1. The molecule has 3 rings (SSSR count). The Morgan fingerprint density at radius 3 is 2.75 bits per heavy atom. The van der Waals surface area contributed by atoms with Crippen molar-refractivity contribution in [1.29, 1.82) is 0 Å². The molecule has 0 aromatic carbocycles. The molecule has 0 unspecified atom stereocenters. The maximum absolute atomic E-state index is 4.47. The molecular formula is C18H26N6. The molecule has 0 radical (unpaired) electrons. The predicted molar refractivity (Wildman–Crippen MR) is 96.1 cm³/mol. The number of hydrogen-bond acceptors (Lipinski definition) is 3. The summed E-state index contributed by atoms with van der Waals surface area (Å²) in [6.07, 6.45) is 12.5. The van der Waals surface area contributed by atoms with E-state index in [1.807, 2.05) is 30.1 Å². The van der Waals surface area contributed by atoms with Gasteiger partial charge in [0.25, 0.3) is 0 Å². The van der Waals surface area contributed by atoms with Crippen LogP contribution >= 0.6 is 0 Å². The van der Waals surface area contributed by atoms with Gasteiger partial charge in [-0.15, -0.1) is 0 Å². The summed E-state index contributed by atoms with van der Waals surface area (Å²) in [5.41, 5.74) is 1.60. The van der Waals surface area contributed by atoms with Crippen molar-refractivity contribution in [3.8, 4) is 5.82 Å². The van der Waals surface area contributed by atoms with Crippen LogP contribution in [-0.2, 0) is 6.54 Å². The quantitative estimate of drug-likeness (QED) is 0.632. The fourth-order valence-electron chi connectivity index (χ4n) is 3.08. The molecule has 0 aliphatic heterocycles. The van der Waals surface area contributed by atoms with E-state index < -0.39 is 0 Å². The minimum atomic E-state index is 0.478. The summed E-state index contributed by atoms with van der Waals surface area (Å²) in [7, 11) is 1.81. The van der Waals surface area contributed by atoms with E-state index in [0.717, 1.165) is 23.9 Å². The topological polar surface area (TPSA) is 67.1 Å². The largest absolute Gasteiger partial charge is 0.356 e. The first-order chi connectivity index (χ1) is 11.7. The van der Waals surface area contributed by atoms with E-state index in [1.54, 1.807) is 12.5 Å². The van der Waals surface area contributed by atoms with Crippen LogP contribution in [0, 0.1) is 5.41 Å². The highest BCUT2D eigenvalue weighted by Crippen LogP contribution is 2.42. The van der Waals surface area contributed by atoms with Crippen LogP contribution < -0.4 is 10.6 Å². The van der Waals surface area contributed by atoms with Crippen LogP contribution in [-0.4, -0.2) is 34.1 Å². The SMILES string of the molecule is CCC1(CNC(=NC)NCc2ccc(-n3ccnc3)nc2)CCC1. The molecule has 128 valence electrons. The summed E-state index contributed by atoms with van der Waals surface area (Å²) in [5, 5.41) is 6.84. The Kier molecular flexibility index (Phi) is 5.13. The van der Waals surface area contributed by atoms with Crippen molar-refractivity contribution in [2.75, 3.05) is 13.6 Å². The minimum Gasteiger partial charge on any atom is -0.356 e. The van der Waals surface area contributed by atoms with Crippen LogP contribution in [0.5, 0.6) is 0 Å². The molecule has 0 saturated heterocycles. The van der Waals surface area contributed by atoms with Crippen molar-refractivity contribution in [2.45, 2.75) is 39.2 Å². The number of aromatic nitrogens is 3. The van der Waals surface area contributed by atoms with Crippen molar-refractivity contribution >= 4 is 5.96 Å². The van der Waals surface area contributed by atoms with Gasteiger partial charge in [0, 0.05) is 38.7 Å². The van der Waals surface area contributed by atoms with Crippen molar-refractivity contribution in [3.63, 3.8) is 0 Å². The summed E-state index contributed by atoms with van der Waals surface area (Å²) in [4.78, 5) is 12.8. The fourth-order valence-corrected chi connectivity index (χ4v) is 3.08. The molecule has 0 atom stereocenters. The number of pyridine rings is 1. The van der Waals surface area contributed by atoms with Gasteiger partial charge in [0.15, 0.2) is 5.96 Å². The van der Waals surface area contributed by atoms with Gasteiger partial charge in [-0.25, -0.2) is 9.97 Å². The molecule has 0 amide bonds. The van der Waals surface area contributed by atoms with Crippen LogP contribution in [0.2, 0.25) is 0 Å². The smallest absolute Gasteiger partial charge is 0.191 e. The number of nitrogens with one attached hydrogen (secondary N) is 2. The highest BCUT2D eigenvalue weighted by molar-refractivity contribution is 5.79. The third-order valence-electron chi connectivity index (χ3n) is 5.06. The highest BCUT2D eigenvalue weighted by atomic mass is 15.2. The van der Waals surface area contributed by atoms with Crippen LogP contribution in [0.3, 0.4) is 0 Å². The maximum Gasteiger partial charge on any atom is 0.191 e. The zero-order valence-electron chi connectivity index (χ0n) is 14.5. The van der Waals surface area contributed by atoms with E-state index in [-0.39, 0.29) is 0 Å². The van der Waals surface area contributed by atoms with Gasteiger partial charge in [-0.1, -0.05) is 19.4 Å². The molecule has 2 aromatic heterocycles. The van der Waals surface area contributed by atoms with Crippen LogP contribution in [0.25, 0.3) is 5.82 Å². The second-order valence-corrected chi connectivity index (χ2v) is 6.48. The van der Waals surface area contributed by atoms with E-state index in [2.05, 4.69) is 38.6 Å². The second-order valence-electron chi connectivity index (χ2n) is 6.48. The summed E-state index contributed by atoms with van der Waals surface area (Å²) >= 11 is 0. The van der Waals surface area contributed by atoms with Crippen molar-refractivity contribution in [1.82, 2.24) is 25.2 Å². The molecule has 0 bridgehead atoms. The Morgan fingerprint density at radius 1 is 1.33 bits per heavy atom. The Bertz CT molecular complexity index is 650. The standard InChI is InChI=1S/C18H26N6/c1-3-18(7-4-8-18)13-23-17(19-2)22-12-15-5-6-16(21-11-15)24-10-9-20-14-24/h5-6,9-11,14H,3-4,7-8,12-13H2,1-2H3,(H2,19,22,23). The average molecular weight is 326 g/mol. The lowest BCUT2D eigenvalue weighted by Crippen LogP contribution is -2.46. The van der Waals surface area contributed by atoms with E-state index in [1.165, 1.54) is 25.7 Å². The molecule has 6 heteroatoms. The van der Waals surface area contributed by atoms with E-state index in [4.69, 9.17) is 0 Å². The minimum absolute atomic E-state index is 0.478. The molecule has 0 spiro atoms. The van der Waals surface area contributed by atoms with E-state index >= 15 is 0 Å². The zero-order valence-corrected chi connectivity index (χ0v) is 14.5. The Hall–Kier alpha value is -2.37. The lowest BCUT2D eigenvalue weighted by molar-refractivity contribution is 0.131. The van der Waals surface area contributed by atoms with E-state index in [0.29, 0.717) is 12.0 Å². The molecule has 1 fully saturated rings.